The number of fused-ring (bicyclic) bond motifs is 2. The topological polar surface area (TPSA) is 115 Å². The molecule has 44 heavy (non-hydrogen) atoms. The van der Waals surface area contributed by atoms with Crippen molar-refractivity contribution in [1.29, 1.82) is 0 Å². The molecule has 0 radical (unpaired) electrons. The number of likely N-dealkylation sites (N-methyl/N-ethyl adjacent to an activating group) is 1. The Morgan fingerprint density at radius 2 is 1.55 bits per heavy atom. The maximum atomic E-state index is 11.8. The molecule has 0 bridgehead atoms. The number of benzene rings is 2. The van der Waals surface area contributed by atoms with Crippen LogP contribution in [0.4, 0.5) is 5.69 Å². The van der Waals surface area contributed by atoms with Crippen LogP contribution in [-0.4, -0.2) is 33.0 Å². The zero-order valence-electron chi connectivity index (χ0n) is 26.0. The summed E-state index contributed by atoms with van der Waals surface area (Å²) in [6, 6.07) is 9.23. The fraction of sp³-hybridized carbons (Fsp3) is 0.333. The Labute approximate surface area is 308 Å². The van der Waals surface area contributed by atoms with Gasteiger partial charge in [-0.15, -0.1) is 0 Å². The Morgan fingerprint density at radius 3 is 2.18 bits per heavy atom. The summed E-state index contributed by atoms with van der Waals surface area (Å²) < 4.78 is 68.1. The number of nitrogens with zero attached hydrogens (tertiary/aromatic N) is 1. The molecular formula is C33H35ClKNO6S2. The SMILES string of the molecule is CC1=C(C=CC2=C(Cl)/C(=C/C=C3N(C)c4ccc(S(=O)(=O)[O-])cc4C3(C)C)CCC2)C(C)(C)c2cc(S(=O)(=O)O)ccc21.[K+]. The second kappa shape index (κ2) is 12.4. The van der Waals surface area contributed by atoms with E-state index in [0.29, 0.717) is 5.03 Å². The molecular weight excluding hydrogens is 645 g/mol. The van der Waals surface area contributed by atoms with Gasteiger partial charge in [-0.05, 0) is 102 Å². The first-order valence-electron chi connectivity index (χ1n) is 14.0. The summed E-state index contributed by atoms with van der Waals surface area (Å²) >= 11 is 6.96. The maximum Gasteiger partial charge on any atom is 1.00 e. The van der Waals surface area contributed by atoms with E-state index in [1.807, 2.05) is 64.8 Å². The molecule has 1 aliphatic heterocycles. The van der Waals surface area contributed by atoms with Crippen molar-refractivity contribution in [3.05, 3.63) is 105 Å². The van der Waals surface area contributed by atoms with Crippen LogP contribution >= 0.6 is 11.6 Å². The van der Waals surface area contributed by atoms with Crippen LogP contribution in [0.5, 0.6) is 0 Å². The molecule has 0 saturated carbocycles. The van der Waals surface area contributed by atoms with E-state index in [1.165, 1.54) is 18.2 Å². The van der Waals surface area contributed by atoms with Gasteiger partial charge >= 0.3 is 51.4 Å². The molecule has 1 heterocycles. The molecule has 0 atom stereocenters. The standard InChI is InChI=1S/C33H36ClNO6S2.K/c1-20-25-14-12-23(42(36,37)38)18-27(25)32(2,3)26(20)15-10-21-8-7-9-22(31(21)34)11-17-30-33(4,5)28-19-24(43(39,40)41)13-16-29(28)35(30)6;/h10-19H,7-9H2,1-6H3,(H,36,37,38)(H,39,40,41);/q;+1/p-1/b15-10?,22-11+,30-17?;. The Hall–Kier alpha value is -1.31. The summed E-state index contributed by atoms with van der Waals surface area (Å²) in [6.07, 6.45) is 10.7. The van der Waals surface area contributed by atoms with E-state index in [0.717, 1.165) is 69.6 Å². The van der Waals surface area contributed by atoms with Gasteiger partial charge in [-0.2, -0.15) is 8.42 Å². The van der Waals surface area contributed by atoms with Gasteiger partial charge in [-0.25, -0.2) is 8.42 Å². The zero-order valence-corrected chi connectivity index (χ0v) is 31.5. The van der Waals surface area contributed by atoms with Crippen molar-refractivity contribution in [2.24, 2.45) is 0 Å². The fourth-order valence-electron chi connectivity index (χ4n) is 6.66. The molecule has 2 aromatic rings. The molecule has 0 amide bonds. The van der Waals surface area contributed by atoms with Crippen molar-refractivity contribution in [2.75, 3.05) is 11.9 Å². The van der Waals surface area contributed by atoms with Gasteiger partial charge in [0.2, 0.25) is 0 Å². The molecule has 0 spiro atoms. The molecule has 3 aliphatic rings. The molecule has 0 fully saturated rings. The van der Waals surface area contributed by atoms with Crippen molar-refractivity contribution in [3.8, 4) is 0 Å². The number of allylic oxidation sites excluding steroid dienone is 10. The summed E-state index contributed by atoms with van der Waals surface area (Å²) in [5, 5.41) is 0.690. The second-order valence-corrected chi connectivity index (χ2v) is 15.6. The van der Waals surface area contributed by atoms with Gasteiger partial charge in [0.25, 0.3) is 10.1 Å². The summed E-state index contributed by atoms with van der Waals surface area (Å²) in [7, 11) is -6.95. The first-order chi connectivity index (χ1) is 19.8. The second-order valence-electron chi connectivity index (χ2n) is 12.4. The van der Waals surface area contributed by atoms with Crippen molar-refractivity contribution < 1.29 is 77.3 Å². The van der Waals surface area contributed by atoms with Crippen LogP contribution < -0.4 is 56.3 Å². The Balaban J connectivity index is 0.00000442. The van der Waals surface area contributed by atoms with Crippen LogP contribution in [0, 0.1) is 0 Å². The molecule has 5 rings (SSSR count). The number of anilines is 1. The average Bonchev–Trinajstić information content (AvgIpc) is 3.23. The van der Waals surface area contributed by atoms with Gasteiger partial charge in [0.1, 0.15) is 10.1 Å². The smallest absolute Gasteiger partial charge is 0.744 e. The minimum atomic E-state index is -4.57. The van der Waals surface area contributed by atoms with Gasteiger partial charge < -0.3 is 9.45 Å². The minimum Gasteiger partial charge on any atom is -0.744 e. The van der Waals surface area contributed by atoms with E-state index >= 15 is 0 Å². The number of rotatable bonds is 5. The van der Waals surface area contributed by atoms with Crippen LogP contribution in [0.15, 0.2) is 97.9 Å². The number of hydrogen-bond acceptors (Lipinski definition) is 6. The minimum absolute atomic E-state index is 0. The third-order valence-corrected chi connectivity index (χ3v) is 11.3. The van der Waals surface area contributed by atoms with E-state index in [2.05, 4.69) is 6.08 Å². The van der Waals surface area contributed by atoms with Crippen LogP contribution in [0.2, 0.25) is 0 Å². The summed E-state index contributed by atoms with van der Waals surface area (Å²) in [4.78, 5) is 1.66. The Bertz CT molecular complexity index is 1930. The van der Waals surface area contributed by atoms with Crippen molar-refractivity contribution in [3.63, 3.8) is 0 Å². The van der Waals surface area contributed by atoms with Crippen LogP contribution in [0.3, 0.4) is 0 Å². The van der Waals surface area contributed by atoms with E-state index in [9.17, 15) is 25.9 Å². The summed E-state index contributed by atoms with van der Waals surface area (Å²) in [5.74, 6) is 0. The monoisotopic (exact) mass is 679 g/mol. The van der Waals surface area contributed by atoms with E-state index < -0.39 is 31.1 Å². The summed E-state index contributed by atoms with van der Waals surface area (Å²) in [5.41, 5.74) is 7.49. The van der Waals surface area contributed by atoms with Crippen LogP contribution in [0.25, 0.3) is 5.57 Å². The first kappa shape index (κ1) is 35.5. The van der Waals surface area contributed by atoms with Crippen molar-refractivity contribution in [2.45, 2.75) is 74.5 Å². The van der Waals surface area contributed by atoms with Crippen LogP contribution in [-0.2, 0) is 31.1 Å². The van der Waals surface area contributed by atoms with E-state index in [-0.39, 0.29) is 61.2 Å². The van der Waals surface area contributed by atoms with Crippen LogP contribution in [0.1, 0.15) is 70.6 Å². The molecule has 0 saturated heterocycles. The first-order valence-corrected chi connectivity index (χ1v) is 17.2. The molecule has 11 heteroatoms. The third kappa shape index (κ3) is 6.32. The quantitative estimate of drug-likeness (QED) is 0.369. The van der Waals surface area contributed by atoms with Crippen molar-refractivity contribution >= 4 is 43.1 Å². The average molecular weight is 680 g/mol. The van der Waals surface area contributed by atoms with Gasteiger partial charge in [0.05, 0.1) is 9.79 Å². The molecule has 0 aromatic heterocycles. The van der Waals surface area contributed by atoms with Gasteiger partial charge in [0, 0.05) is 34.3 Å². The molecule has 2 aliphatic carbocycles. The summed E-state index contributed by atoms with van der Waals surface area (Å²) in [6.45, 7) is 10.1. The normalized spacial score (nSPS) is 21.3. The molecule has 2 aromatic carbocycles. The number of hydrogen-bond donors (Lipinski definition) is 1. The largest absolute Gasteiger partial charge is 1.00 e. The van der Waals surface area contributed by atoms with Crippen molar-refractivity contribution in [1.82, 2.24) is 0 Å². The predicted octanol–water partition coefficient (Wildman–Crippen LogP) is 4.38. The van der Waals surface area contributed by atoms with Gasteiger partial charge in [0.15, 0.2) is 0 Å². The van der Waals surface area contributed by atoms with Gasteiger partial charge in [-0.1, -0.05) is 63.6 Å². The zero-order chi connectivity index (χ0) is 31.7. The van der Waals surface area contributed by atoms with Gasteiger partial charge in [-0.3, -0.25) is 4.55 Å². The Kier molecular flexibility index (Phi) is 9.99. The molecule has 0 unspecified atom stereocenters. The molecule has 1 N–H and O–H groups in total. The number of halogens is 1. The van der Waals surface area contributed by atoms with E-state index in [1.54, 1.807) is 18.2 Å². The Morgan fingerprint density at radius 1 is 0.909 bits per heavy atom. The fourth-order valence-corrected chi connectivity index (χ4v) is 7.98. The molecule has 7 nitrogen and oxygen atoms in total. The molecule has 228 valence electrons. The van der Waals surface area contributed by atoms with E-state index in [4.69, 9.17) is 11.6 Å². The third-order valence-electron chi connectivity index (χ3n) is 9.09. The predicted molar refractivity (Wildman–Crippen MR) is 170 cm³/mol. The maximum absolute atomic E-state index is 11.8.